The fourth-order valence-electron chi connectivity index (χ4n) is 1.72. The maximum absolute atomic E-state index is 2.46. The first kappa shape index (κ1) is 12.7. The first-order chi connectivity index (χ1) is 6.20. The van der Waals surface area contributed by atoms with Gasteiger partial charge in [0.1, 0.15) is 0 Å². The lowest BCUT2D eigenvalue weighted by molar-refractivity contribution is 0.495. The summed E-state index contributed by atoms with van der Waals surface area (Å²) in [6.07, 6.45) is 10.7. The first-order valence-corrected chi connectivity index (χ1v) is 5.85. The van der Waals surface area contributed by atoms with E-state index in [1.807, 2.05) is 0 Å². The van der Waals surface area contributed by atoms with Crippen molar-refractivity contribution in [3.05, 3.63) is 11.6 Å². The molecular formula is C13H26. The van der Waals surface area contributed by atoms with Crippen LogP contribution in [0.4, 0.5) is 0 Å². The lowest BCUT2D eigenvalue weighted by Crippen LogP contribution is -1.97. The zero-order valence-corrected chi connectivity index (χ0v) is 9.90. The second-order valence-corrected chi connectivity index (χ2v) is 4.29. The van der Waals surface area contributed by atoms with Crippen LogP contribution in [0.15, 0.2) is 11.6 Å². The van der Waals surface area contributed by atoms with Gasteiger partial charge in [-0.15, -0.1) is 0 Å². The third kappa shape index (κ3) is 8.08. The number of allylic oxidation sites excluding steroid dienone is 2. The summed E-state index contributed by atoms with van der Waals surface area (Å²) in [7, 11) is 0. The molecule has 0 saturated heterocycles. The average Bonchev–Trinajstić information content (AvgIpc) is 2.09. The fourth-order valence-corrected chi connectivity index (χ4v) is 1.72. The Kier molecular flexibility index (Phi) is 8.18. The zero-order valence-electron chi connectivity index (χ0n) is 9.90. The Bertz CT molecular complexity index is 121. The van der Waals surface area contributed by atoms with Crippen LogP contribution < -0.4 is 0 Å². The summed E-state index contributed by atoms with van der Waals surface area (Å²) < 4.78 is 0. The fraction of sp³-hybridized carbons (Fsp3) is 0.846. The Morgan fingerprint density at radius 3 is 1.77 bits per heavy atom. The van der Waals surface area contributed by atoms with Gasteiger partial charge in [-0.1, -0.05) is 51.2 Å². The molecule has 0 bridgehead atoms. The lowest BCUT2D eigenvalue weighted by Gasteiger charge is -2.12. The minimum Gasteiger partial charge on any atom is -0.0828 e. The van der Waals surface area contributed by atoms with Crippen LogP contribution >= 0.6 is 0 Å². The van der Waals surface area contributed by atoms with E-state index in [0.717, 1.165) is 5.92 Å². The van der Waals surface area contributed by atoms with E-state index in [4.69, 9.17) is 0 Å². The van der Waals surface area contributed by atoms with Crippen molar-refractivity contribution in [1.29, 1.82) is 0 Å². The predicted octanol–water partition coefficient (Wildman–Crippen LogP) is 4.95. The van der Waals surface area contributed by atoms with E-state index < -0.39 is 0 Å². The van der Waals surface area contributed by atoms with E-state index >= 15 is 0 Å². The molecule has 0 aliphatic carbocycles. The summed E-state index contributed by atoms with van der Waals surface area (Å²) in [4.78, 5) is 0. The van der Waals surface area contributed by atoms with Gasteiger partial charge in [0, 0.05) is 0 Å². The van der Waals surface area contributed by atoms with Crippen molar-refractivity contribution in [2.45, 2.75) is 66.2 Å². The van der Waals surface area contributed by atoms with Gasteiger partial charge < -0.3 is 0 Å². The summed E-state index contributed by atoms with van der Waals surface area (Å²) in [5.41, 5.74) is 1.48. The van der Waals surface area contributed by atoms with E-state index in [1.54, 1.807) is 0 Å². The third-order valence-corrected chi connectivity index (χ3v) is 2.43. The van der Waals surface area contributed by atoms with Crippen molar-refractivity contribution in [3.8, 4) is 0 Å². The van der Waals surface area contributed by atoms with Crippen molar-refractivity contribution in [2.24, 2.45) is 5.92 Å². The molecular weight excluding hydrogens is 156 g/mol. The maximum Gasteiger partial charge on any atom is -0.0231 e. The molecule has 0 heterocycles. The second kappa shape index (κ2) is 8.34. The van der Waals surface area contributed by atoms with E-state index in [1.165, 1.54) is 44.1 Å². The van der Waals surface area contributed by atoms with Crippen LogP contribution in [-0.2, 0) is 0 Å². The molecule has 0 radical (unpaired) electrons. The molecule has 0 unspecified atom stereocenters. The minimum absolute atomic E-state index is 0.852. The normalized spacial score (nSPS) is 10.5. The molecule has 0 fully saturated rings. The number of rotatable bonds is 7. The van der Waals surface area contributed by atoms with Crippen molar-refractivity contribution < 1.29 is 0 Å². The summed E-state index contributed by atoms with van der Waals surface area (Å²) in [5, 5.41) is 0. The molecule has 0 N–H and O–H groups in total. The smallest absolute Gasteiger partial charge is 0.0231 e. The van der Waals surface area contributed by atoms with Crippen molar-refractivity contribution >= 4 is 0 Å². The molecule has 78 valence electrons. The standard InChI is InChI=1S/C13H26/c1-5-7-9-13(10-8-6-2)11-12(3)4/h11,13H,5-10H2,1-4H3. The highest BCUT2D eigenvalue weighted by atomic mass is 14.1. The maximum atomic E-state index is 2.46. The molecule has 0 spiro atoms. The molecule has 0 rings (SSSR count). The molecule has 0 saturated carbocycles. The topological polar surface area (TPSA) is 0 Å². The Morgan fingerprint density at radius 2 is 1.46 bits per heavy atom. The van der Waals surface area contributed by atoms with Crippen molar-refractivity contribution in [1.82, 2.24) is 0 Å². The summed E-state index contributed by atoms with van der Waals surface area (Å²) in [6.45, 7) is 8.98. The molecule has 0 amide bonds. The van der Waals surface area contributed by atoms with Gasteiger partial charge in [0.25, 0.3) is 0 Å². The van der Waals surface area contributed by atoms with Gasteiger partial charge in [-0.05, 0) is 32.6 Å². The number of unbranched alkanes of at least 4 members (excludes halogenated alkanes) is 2. The van der Waals surface area contributed by atoms with Crippen LogP contribution in [0, 0.1) is 5.92 Å². The Labute approximate surface area is 84.4 Å². The monoisotopic (exact) mass is 182 g/mol. The van der Waals surface area contributed by atoms with Crippen LogP contribution in [0.1, 0.15) is 66.2 Å². The van der Waals surface area contributed by atoms with Gasteiger partial charge in [0.15, 0.2) is 0 Å². The molecule has 0 atom stereocenters. The van der Waals surface area contributed by atoms with Gasteiger partial charge in [-0.25, -0.2) is 0 Å². The lowest BCUT2D eigenvalue weighted by atomic mass is 9.94. The number of hydrogen-bond donors (Lipinski definition) is 0. The molecule has 0 aromatic rings. The first-order valence-electron chi connectivity index (χ1n) is 5.85. The van der Waals surface area contributed by atoms with Crippen LogP contribution in [0.25, 0.3) is 0 Å². The molecule has 0 heteroatoms. The van der Waals surface area contributed by atoms with Crippen molar-refractivity contribution in [3.63, 3.8) is 0 Å². The van der Waals surface area contributed by atoms with Crippen LogP contribution in [0.3, 0.4) is 0 Å². The van der Waals surface area contributed by atoms with E-state index in [2.05, 4.69) is 33.8 Å². The van der Waals surface area contributed by atoms with Gasteiger partial charge in [0.2, 0.25) is 0 Å². The average molecular weight is 182 g/mol. The Hall–Kier alpha value is -0.260. The highest BCUT2D eigenvalue weighted by Crippen LogP contribution is 2.18. The SMILES string of the molecule is CCCCC(C=C(C)C)CCCC. The molecule has 0 aromatic heterocycles. The minimum atomic E-state index is 0.852. The quantitative estimate of drug-likeness (QED) is 0.489. The van der Waals surface area contributed by atoms with E-state index in [0.29, 0.717) is 0 Å². The third-order valence-electron chi connectivity index (χ3n) is 2.43. The zero-order chi connectivity index (χ0) is 10.1. The highest BCUT2D eigenvalue weighted by Gasteiger charge is 2.03. The second-order valence-electron chi connectivity index (χ2n) is 4.29. The van der Waals surface area contributed by atoms with Crippen molar-refractivity contribution in [2.75, 3.05) is 0 Å². The highest BCUT2D eigenvalue weighted by molar-refractivity contribution is 4.97. The summed E-state index contributed by atoms with van der Waals surface area (Å²) >= 11 is 0. The van der Waals surface area contributed by atoms with Gasteiger partial charge in [-0.2, -0.15) is 0 Å². The Morgan fingerprint density at radius 1 is 1.00 bits per heavy atom. The van der Waals surface area contributed by atoms with Crippen LogP contribution in [0.2, 0.25) is 0 Å². The summed E-state index contributed by atoms with van der Waals surface area (Å²) in [6, 6.07) is 0. The van der Waals surface area contributed by atoms with Crippen LogP contribution in [0.5, 0.6) is 0 Å². The van der Waals surface area contributed by atoms with Gasteiger partial charge in [0.05, 0.1) is 0 Å². The predicted molar refractivity (Wildman–Crippen MR) is 62.0 cm³/mol. The van der Waals surface area contributed by atoms with E-state index in [-0.39, 0.29) is 0 Å². The molecule has 0 aliphatic rings. The van der Waals surface area contributed by atoms with Gasteiger partial charge in [-0.3, -0.25) is 0 Å². The number of hydrogen-bond acceptors (Lipinski definition) is 0. The summed E-state index contributed by atoms with van der Waals surface area (Å²) in [5.74, 6) is 0.852. The van der Waals surface area contributed by atoms with Crippen LogP contribution in [-0.4, -0.2) is 0 Å². The largest absolute Gasteiger partial charge is 0.0828 e. The molecule has 0 aliphatic heterocycles. The van der Waals surface area contributed by atoms with Gasteiger partial charge >= 0.3 is 0 Å². The Balaban J connectivity index is 3.80. The molecule has 0 aromatic carbocycles. The molecule has 0 nitrogen and oxygen atoms in total. The van der Waals surface area contributed by atoms with E-state index in [9.17, 15) is 0 Å². The molecule has 13 heavy (non-hydrogen) atoms.